The predicted molar refractivity (Wildman–Crippen MR) is 124 cm³/mol. The zero-order valence-electron chi connectivity index (χ0n) is 17.6. The largest absolute Gasteiger partial charge is 0.494 e. The molecule has 31 heavy (non-hydrogen) atoms. The first-order valence-corrected chi connectivity index (χ1v) is 11.3. The van der Waals surface area contributed by atoms with Crippen LogP contribution in [0.15, 0.2) is 59.5 Å². The minimum atomic E-state index is -3.89. The van der Waals surface area contributed by atoms with Crippen LogP contribution in [0.2, 0.25) is 5.02 Å². The molecule has 0 saturated carbocycles. The molecule has 0 saturated heterocycles. The number of carbonyl (C=O) groups excluding carboxylic acids is 1. The molecule has 0 aliphatic carbocycles. The van der Waals surface area contributed by atoms with Crippen LogP contribution in [0.1, 0.15) is 27.0 Å². The van der Waals surface area contributed by atoms with Gasteiger partial charge in [0.05, 0.1) is 17.7 Å². The molecular formula is C23H23ClN2O4S. The molecule has 2 N–H and O–H groups in total. The molecule has 0 fully saturated rings. The number of aryl methyl sites for hydroxylation is 3. The molecule has 162 valence electrons. The first-order chi connectivity index (χ1) is 14.6. The fourth-order valence-corrected chi connectivity index (χ4v) is 4.69. The number of methoxy groups -OCH3 is 1. The highest BCUT2D eigenvalue weighted by Gasteiger charge is 2.21. The summed E-state index contributed by atoms with van der Waals surface area (Å²) in [5, 5.41) is 3.34. The maximum Gasteiger partial charge on any atom is 0.262 e. The molecule has 0 unspecified atom stereocenters. The fraction of sp³-hybridized carbons (Fsp3) is 0.174. The molecule has 0 spiro atoms. The van der Waals surface area contributed by atoms with Gasteiger partial charge in [-0.1, -0.05) is 29.8 Å². The van der Waals surface area contributed by atoms with Crippen molar-refractivity contribution in [3.8, 4) is 5.75 Å². The van der Waals surface area contributed by atoms with Gasteiger partial charge in [0.25, 0.3) is 15.9 Å². The topological polar surface area (TPSA) is 84.5 Å². The molecule has 0 aromatic heterocycles. The lowest BCUT2D eigenvalue weighted by molar-refractivity contribution is 0.102. The van der Waals surface area contributed by atoms with Crippen molar-refractivity contribution in [2.24, 2.45) is 0 Å². The molecule has 0 radical (unpaired) electrons. The summed E-state index contributed by atoms with van der Waals surface area (Å²) in [5.74, 6) is 0.00669. The monoisotopic (exact) mass is 458 g/mol. The van der Waals surface area contributed by atoms with E-state index < -0.39 is 10.0 Å². The van der Waals surface area contributed by atoms with E-state index in [4.69, 9.17) is 16.3 Å². The van der Waals surface area contributed by atoms with Crippen molar-refractivity contribution >= 4 is 38.9 Å². The molecule has 0 heterocycles. The highest BCUT2D eigenvalue weighted by atomic mass is 35.5. The number of carbonyl (C=O) groups is 1. The number of benzene rings is 3. The number of anilines is 2. The highest BCUT2D eigenvalue weighted by molar-refractivity contribution is 7.92. The van der Waals surface area contributed by atoms with Gasteiger partial charge in [0.2, 0.25) is 0 Å². The van der Waals surface area contributed by atoms with E-state index in [1.54, 1.807) is 63.2 Å². The number of rotatable bonds is 6. The molecule has 0 bridgehead atoms. The Morgan fingerprint density at radius 3 is 2.23 bits per heavy atom. The van der Waals surface area contributed by atoms with Crippen molar-refractivity contribution in [1.82, 2.24) is 0 Å². The van der Waals surface area contributed by atoms with Crippen molar-refractivity contribution in [1.29, 1.82) is 0 Å². The number of ether oxygens (including phenoxy) is 1. The summed E-state index contributed by atoms with van der Waals surface area (Å²) in [5.41, 5.74) is 3.17. The molecule has 0 aliphatic heterocycles. The predicted octanol–water partition coefficient (Wildman–Crippen LogP) is 5.33. The van der Waals surface area contributed by atoms with Crippen LogP contribution >= 0.6 is 11.6 Å². The summed E-state index contributed by atoms with van der Waals surface area (Å²) >= 11 is 6.10. The Morgan fingerprint density at radius 1 is 0.903 bits per heavy atom. The van der Waals surface area contributed by atoms with Gasteiger partial charge >= 0.3 is 0 Å². The molecule has 8 heteroatoms. The second-order valence-electron chi connectivity index (χ2n) is 7.16. The van der Waals surface area contributed by atoms with Gasteiger partial charge in [-0.3, -0.25) is 9.52 Å². The third kappa shape index (κ3) is 5.00. The van der Waals surface area contributed by atoms with Gasteiger partial charge in [0.1, 0.15) is 5.75 Å². The van der Waals surface area contributed by atoms with E-state index in [2.05, 4.69) is 10.0 Å². The van der Waals surface area contributed by atoms with Crippen LogP contribution in [0.3, 0.4) is 0 Å². The second kappa shape index (κ2) is 8.99. The zero-order chi connectivity index (χ0) is 22.8. The summed E-state index contributed by atoms with van der Waals surface area (Å²) in [6.07, 6.45) is 0. The maximum absolute atomic E-state index is 13.0. The molecule has 3 rings (SSSR count). The van der Waals surface area contributed by atoms with Crippen molar-refractivity contribution in [3.63, 3.8) is 0 Å². The van der Waals surface area contributed by atoms with Crippen LogP contribution in [0, 0.1) is 20.8 Å². The normalized spacial score (nSPS) is 11.1. The van der Waals surface area contributed by atoms with Crippen LogP contribution in [0.25, 0.3) is 0 Å². The smallest absolute Gasteiger partial charge is 0.262 e. The van der Waals surface area contributed by atoms with E-state index in [-0.39, 0.29) is 22.2 Å². The third-order valence-corrected chi connectivity index (χ3v) is 6.74. The first kappa shape index (κ1) is 22.7. The number of amides is 1. The van der Waals surface area contributed by atoms with E-state index >= 15 is 0 Å². The van der Waals surface area contributed by atoms with Gasteiger partial charge in [-0.15, -0.1) is 0 Å². The van der Waals surface area contributed by atoms with Crippen molar-refractivity contribution in [2.75, 3.05) is 17.1 Å². The van der Waals surface area contributed by atoms with Crippen LogP contribution in [0.4, 0.5) is 11.4 Å². The minimum Gasteiger partial charge on any atom is -0.494 e. The quantitative estimate of drug-likeness (QED) is 0.523. The Bertz CT molecular complexity index is 1240. The van der Waals surface area contributed by atoms with Gasteiger partial charge in [0, 0.05) is 22.3 Å². The first-order valence-electron chi connectivity index (χ1n) is 9.47. The second-order valence-corrected chi connectivity index (χ2v) is 9.22. The molecular weight excluding hydrogens is 436 g/mol. The Kier molecular flexibility index (Phi) is 6.57. The molecule has 1 amide bonds. The van der Waals surface area contributed by atoms with E-state index in [0.717, 1.165) is 0 Å². The summed E-state index contributed by atoms with van der Waals surface area (Å²) in [6, 6.07) is 15.2. The fourth-order valence-electron chi connectivity index (χ4n) is 3.10. The number of hydrogen-bond acceptors (Lipinski definition) is 4. The summed E-state index contributed by atoms with van der Waals surface area (Å²) < 4.78 is 34.0. The van der Waals surface area contributed by atoms with E-state index in [1.807, 2.05) is 6.07 Å². The van der Waals surface area contributed by atoms with E-state index in [0.29, 0.717) is 33.0 Å². The SMILES string of the molecule is COc1cc(NC(=O)c2ccccc2)c(C)cc1NS(=O)(=O)c1cc(C)c(Cl)cc1C. The van der Waals surface area contributed by atoms with E-state index in [1.165, 1.54) is 13.2 Å². The average Bonchev–Trinajstić information content (AvgIpc) is 2.72. The maximum atomic E-state index is 13.0. The molecule has 3 aromatic rings. The number of hydrogen-bond donors (Lipinski definition) is 2. The molecule has 0 atom stereocenters. The number of halogens is 1. The Labute approximate surface area is 187 Å². The van der Waals surface area contributed by atoms with Crippen molar-refractivity contribution in [2.45, 2.75) is 25.7 Å². The van der Waals surface area contributed by atoms with Gasteiger partial charge in [-0.2, -0.15) is 0 Å². The average molecular weight is 459 g/mol. The van der Waals surface area contributed by atoms with Crippen LogP contribution in [-0.2, 0) is 10.0 Å². The standard InChI is InChI=1S/C23H23ClN2O4S/c1-14-12-22(16(3)10-18(14)24)31(28,29)26-20-11-15(2)19(13-21(20)30-4)25-23(27)17-8-6-5-7-9-17/h5-13,26H,1-4H3,(H,25,27). The van der Waals surface area contributed by atoms with Gasteiger partial charge in [0.15, 0.2) is 0 Å². The lowest BCUT2D eigenvalue weighted by atomic mass is 10.1. The molecule has 3 aromatic carbocycles. The number of sulfonamides is 1. The van der Waals surface area contributed by atoms with Crippen LogP contribution in [0.5, 0.6) is 5.75 Å². The molecule has 0 aliphatic rings. The zero-order valence-corrected chi connectivity index (χ0v) is 19.2. The molecule has 6 nitrogen and oxygen atoms in total. The summed E-state index contributed by atoms with van der Waals surface area (Å²) in [6.45, 7) is 5.20. The van der Waals surface area contributed by atoms with Gasteiger partial charge in [-0.05, 0) is 67.8 Å². The Balaban J connectivity index is 1.93. The van der Waals surface area contributed by atoms with E-state index in [9.17, 15) is 13.2 Å². The minimum absolute atomic E-state index is 0.135. The van der Waals surface area contributed by atoms with Crippen LogP contribution in [-0.4, -0.2) is 21.4 Å². The van der Waals surface area contributed by atoms with Crippen LogP contribution < -0.4 is 14.8 Å². The lowest BCUT2D eigenvalue weighted by Crippen LogP contribution is -2.16. The Hall–Kier alpha value is -3.03. The lowest BCUT2D eigenvalue weighted by Gasteiger charge is -2.17. The Morgan fingerprint density at radius 2 is 1.58 bits per heavy atom. The van der Waals surface area contributed by atoms with Crippen molar-refractivity contribution in [3.05, 3.63) is 81.9 Å². The summed E-state index contributed by atoms with van der Waals surface area (Å²) in [7, 11) is -2.45. The summed E-state index contributed by atoms with van der Waals surface area (Å²) in [4.78, 5) is 12.6. The van der Waals surface area contributed by atoms with Gasteiger partial charge in [-0.25, -0.2) is 8.42 Å². The number of nitrogens with one attached hydrogen (secondary N) is 2. The highest BCUT2D eigenvalue weighted by Crippen LogP contribution is 2.34. The third-order valence-electron chi connectivity index (χ3n) is 4.82. The van der Waals surface area contributed by atoms with Crippen molar-refractivity contribution < 1.29 is 17.9 Å². The van der Waals surface area contributed by atoms with Gasteiger partial charge < -0.3 is 10.1 Å².